The van der Waals surface area contributed by atoms with Gasteiger partial charge in [-0.05, 0) is 32.4 Å². The predicted molar refractivity (Wildman–Crippen MR) is 63.9 cm³/mol. The van der Waals surface area contributed by atoms with Crippen LogP contribution in [-0.2, 0) is 0 Å². The lowest BCUT2D eigenvalue weighted by Crippen LogP contribution is -1.99. The fourth-order valence-electron chi connectivity index (χ4n) is 1.36. The van der Waals surface area contributed by atoms with Crippen LogP contribution in [0.4, 0.5) is 5.69 Å². The number of hydrogen-bond donors (Lipinski definition) is 1. The van der Waals surface area contributed by atoms with E-state index in [1.54, 1.807) is 0 Å². The topological polar surface area (TPSA) is 64.7 Å². The first-order valence-corrected chi connectivity index (χ1v) is 5.12. The summed E-state index contributed by atoms with van der Waals surface area (Å²) in [6.45, 7) is 5.78. The van der Waals surface area contributed by atoms with Gasteiger partial charge in [0.15, 0.2) is 5.82 Å². The largest absolute Gasteiger partial charge is 0.398 e. The summed E-state index contributed by atoms with van der Waals surface area (Å²) in [6, 6.07) is 5.79. The minimum atomic E-state index is 0.620. The number of anilines is 1. The van der Waals surface area contributed by atoms with Gasteiger partial charge in [0.2, 0.25) is 0 Å². The number of hydrogen-bond acceptors (Lipinski definition) is 4. The molecule has 82 valence electrons. The van der Waals surface area contributed by atoms with E-state index in [4.69, 9.17) is 5.73 Å². The Bertz CT molecular complexity index is 485. The summed E-state index contributed by atoms with van der Waals surface area (Å²) in [4.78, 5) is 4.38. The van der Waals surface area contributed by atoms with E-state index < -0.39 is 0 Å². The number of nitrogens with two attached hydrogens (primary N) is 1. The van der Waals surface area contributed by atoms with Crippen LogP contribution in [0.2, 0.25) is 0 Å². The lowest BCUT2D eigenvalue weighted by molar-refractivity contribution is 0.905. The van der Waals surface area contributed by atoms with Gasteiger partial charge in [-0.2, -0.15) is 5.10 Å². The van der Waals surface area contributed by atoms with Gasteiger partial charge in [0.25, 0.3) is 0 Å². The van der Waals surface area contributed by atoms with E-state index in [0.29, 0.717) is 5.82 Å². The first-order chi connectivity index (χ1) is 7.58. The van der Waals surface area contributed by atoms with E-state index in [9.17, 15) is 0 Å². The van der Waals surface area contributed by atoms with Crippen LogP contribution in [0.3, 0.4) is 0 Å². The number of benzene rings is 1. The molecular weight excluding hydrogens is 200 g/mol. The number of aromatic nitrogens is 3. The molecule has 0 saturated heterocycles. The average molecular weight is 214 g/mol. The van der Waals surface area contributed by atoms with E-state index in [-0.39, 0.29) is 0 Å². The lowest BCUT2D eigenvalue weighted by Gasteiger charge is -2.05. The molecule has 0 radical (unpaired) electrons. The summed E-state index contributed by atoms with van der Waals surface area (Å²) in [5.41, 5.74) is 10.3. The molecule has 0 bridgehead atoms. The predicted octanol–water partition coefficient (Wildman–Crippen LogP) is 2.05. The third-order valence-corrected chi connectivity index (χ3v) is 2.63. The van der Waals surface area contributed by atoms with Gasteiger partial charge < -0.3 is 5.73 Å². The van der Waals surface area contributed by atoms with Crippen LogP contribution in [0.25, 0.3) is 11.4 Å². The molecule has 1 heterocycles. The van der Waals surface area contributed by atoms with Crippen molar-refractivity contribution < 1.29 is 0 Å². The molecule has 2 N–H and O–H groups in total. The van der Waals surface area contributed by atoms with Crippen LogP contribution in [0.1, 0.15) is 17.0 Å². The fourth-order valence-corrected chi connectivity index (χ4v) is 1.36. The number of nitrogens with zero attached hydrogens (tertiary/aromatic N) is 3. The quantitative estimate of drug-likeness (QED) is 0.738. The molecule has 4 nitrogen and oxygen atoms in total. The summed E-state index contributed by atoms with van der Waals surface area (Å²) in [6.07, 6.45) is 0. The molecule has 0 unspecified atom stereocenters. The van der Waals surface area contributed by atoms with E-state index in [1.807, 2.05) is 39.0 Å². The van der Waals surface area contributed by atoms with Crippen molar-refractivity contribution in [1.29, 1.82) is 0 Å². The molecule has 0 atom stereocenters. The highest BCUT2D eigenvalue weighted by Gasteiger charge is 2.05. The van der Waals surface area contributed by atoms with Crippen molar-refractivity contribution in [1.82, 2.24) is 15.2 Å². The van der Waals surface area contributed by atoms with Gasteiger partial charge in [-0.25, -0.2) is 4.98 Å². The molecule has 0 aliphatic rings. The Labute approximate surface area is 94.6 Å². The zero-order valence-electron chi connectivity index (χ0n) is 9.65. The van der Waals surface area contributed by atoms with Crippen molar-refractivity contribution in [2.24, 2.45) is 0 Å². The van der Waals surface area contributed by atoms with Crippen LogP contribution < -0.4 is 5.73 Å². The van der Waals surface area contributed by atoms with Crippen molar-refractivity contribution in [2.45, 2.75) is 20.8 Å². The first-order valence-electron chi connectivity index (χ1n) is 5.12. The van der Waals surface area contributed by atoms with Crippen LogP contribution >= 0.6 is 0 Å². The molecule has 1 aromatic heterocycles. The maximum atomic E-state index is 5.85. The van der Waals surface area contributed by atoms with Crippen LogP contribution in [-0.4, -0.2) is 15.2 Å². The van der Waals surface area contributed by atoms with Crippen molar-refractivity contribution in [3.05, 3.63) is 35.2 Å². The minimum Gasteiger partial charge on any atom is -0.398 e. The third kappa shape index (κ3) is 1.86. The smallest absolute Gasteiger partial charge is 0.182 e. The second-order valence-electron chi connectivity index (χ2n) is 3.88. The normalized spacial score (nSPS) is 10.4. The number of aryl methyl sites for hydroxylation is 3. The van der Waals surface area contributed by atoms with Crippen molar-refractivity contribution in [2.75, 3.05) is 5.73 Å². The Hall–Kier alpha value is -1.97. The fraction of sp³-hybridized carbons (Fsp3) is 0.250. The van der Waals surface area contributed by atoms with Gasteiger partial charge in [-0.3, -0.25) is 0 Å². The Kier molecular flexibility index (Phi) is 2.56. The van der Waals surface area contributed by atoms with E-state index in [1.165, 1.54) is 0 Å². The standard InChI is InChI=1S/C12H14N4/c1-7-4-5-10(6-11(7)13)12-14-8(2)9(3)15-16-12/h4-6H,13H2,1-3H3. The van der Waals surface area contributed by atoms with Crippen molar-refractivity contribution in [3.8, 4) is 11.4 Å². The second kappa shape index (κ2) is 3.89. The minimum absolute atomic E-state index is 0.620. The molecule has 0 aliphatic carbocycles. The van der Waals surface area contributed by atoms with E-state index in [0.717, 1.165) is 28.2 Å². The zero-order chi connectivity index (χ0) is 11.7. The van der Waals surface area contributed by atoms with E-state index in [2.05, 4.69) is 15.2 Å². The Morgan fingerprint density at radius 3 is 2.38 bits per heavy atom. The number of nitrogen functional groups attached to an aromatic ring is 1. The maximum Gasteiger partial charge on any atom is 0.182 e. The molecule has 0 fully saturated rings. The second-order valence-corrected chi connectivity index (χ2v) is 3.88. The summed E-state index contributed by atoms with van der Waals surface area (Å²) in [5.74, 6) is 0.620. The van der Waals surface area contributed by atoms with Crippen LogP contribution in [0.5, 0.6) is 0 Å². The Balaban J connectivity index is 2.50. The maximum absolute atomic E-state index is 5.85. The molecule has 16 heavy (non-hydrogen) atoms. The number of rotatable bonds is 1. The summed E-state index contributed by atoms with van der Waals surface area (Å²) >= 11 is 0. The summed E-state index contributed by atoms with van der Waals surface area (Å²) in [5, 5.41) is 8.12. The highest BCUT2D eigenvalue weighted by atomic mass is 15.2. The average Bonchev–Trinajstić information content (AvgIpc) is 2.26. The molecule has 2 aromatic rings. The Morgan fingerprint density at radius 1 is 1.00 bits per heavy atom. The molecule has 4 heteroatoms. The van der Waals surface area contributed by atoms with Gasteiger partial charge in [-0.15, -0.1) is 5.10 Å². The molecule has 0 amide bonds. The third-order valence-electron chi connectivity index (χ3n) is 2.63. The highest BCUT2D eigenvalue weighted by Crippen LogP contribution is 2.20. The van der Waals surface area contributed by atoms with Crippen molar-refractivity contribution >= 4 is 5.69 Å². The molecule has 2 rings (SSSR count). The molecule has 1 aromatic carbocycles. The van der Waals surface area contributed by atoms with Gasteiger partial charge >= 0.3 is 0 Å². The monoisotopic (exact) mass is 214 g/mol. The SMILES string of the molecule is Cc1ccc(-c2nnc(C)c(C)n2)cc1N. The first kappa shape index (κ1) is 10.5. The lowest BCUT2D eigenvalue weighted by atomic mass is 10.1. The summed E-state index contributed by atoms with van der Waals surface area (Å²) < 4.78 is 0. The highest BCUT2D eigenvalue weighted by molar-refractivity contribution is 5.63. The van der Waals surface area contributed by atoms with Gasteiger partial charge in [0, 0.05) is 11.3 Å². The van der Waals surface area contributed by atoms with Crippen LogP contribution in [0.15, 0.2) is 18.2 Å². The van der Waals surface area contributed by atoms with Crippen LogP contribution in [0, 0.1) is 20.8 Å². The molecular formula is C12H14N4. The van der Waals surface area contributed by atoms with Gasteiger partial charge in [0.05, 0.1) is 11.4 Å². The van der Waals surface area contributed by atoms with Crippen molar-refractivity contribution in [3.63, 3.8) is 0 Å². The van der Waals surface area contributed by atoms with Gasteiger partial charge in [-0.1, -0.05) is 12.1 Å². The Morgan fingerprint density at radius 2 is 1.75 bits per heavy atom. The molecule has 0 spiro atoms. The zero-order valence-corrected chi connectivity index (χ0v) is 9.65. The molecule has 0 aliphatic heterocycles. The van der Waals surface area contributed by atoms with Gasteiger partial charge in [0.1, 0.15) is 0 Å². The summed E-state index contributed by atoms with van der Waals surface area (Å²) in [7, 11) is 0. The molecule has 0 saturated carbocycles. The van der Waals surface area contributed by atoms with E-state index >= 15 is 0 Å².